The van der Waals surface area contributed by atoms with E-state index < -0.39 is 5.97 Å². The molecule has 1 saturated heterocycles. The number of likely N-dealkylation sites (tertiary alicyclic amines) is 1. The SMILES string of the molecule is O=C(O)C[C@H]1CN(C(=O)NC2CCCCC2)C[C@H]1c1cn[nH]n1. The number of amides is 2. The topological polar surface area (TPSA) is 111 Å². The first-order valence-electron chi connectivity index (χ1n) is 8.26. The maximum atomic E-state index is 12.5. The lowest BCUT2D eigenvalue weighted by Crippen LogP contribution is -2.44. The summed E-state index contributed by atoms with van der Waals surface area (Å²) >= 11 is 0. The quantitative estimate of drug-likeness (QED) is 0.775. The van der Waals surface area contributed by atoms with Gasteiger partial charge in [0.25, 0.3) is 0 Å². The Hall–Kier alpha value is -2.12. The first-order valence-corrected chi connectivity index (χ1v) is 8.26. The van der Waals surface area contributed by atoms with Crippen LogP contribution in [-0.4, -0.2) is 56.5 Å². The van der Waals surface area contributed by atoms with Crippen LogP contribution in [-0.2, 0) is 4.79 Å². The van der Waals surface area contributed by atoms with E-state index in [9.17, 15) is 9.59 Å². The van der Waals surface area contributed by atoms with E-state index >= 15 is 0 Å². The van der Waals surface area contributed by atoms with Crippen LogP contribution in [0.4, 0.5) is 4.79 Å². The van der Waals surface area contributed by atoms with E-state index in [-0.39, 0.29) is 30.3 Å². The van der Waals surface area contributed by atoms with E-state index in [4.69, 9.17) is 5.11 Å². The number of aromatic amines is 1. The monoisotopic (exact) mass is 321 g/mol. The molecule has 1 saturated carbocycles. The number of carbonyl (C=O) groups excluding carboxylic acids is 1. The number of carboxylic acid groups (broad SMARTS) is 1. The molecule has 2 aliphatic rings. The number of carbonyl (C=O) groups is 2. The fraction of sp³-hybridized carbons (Fsp3) is 0.733. The van der Waals surface area contributed by atoms with Crippen molar-refractivity contribution in [1.82, 2.24) is 25.6 Å². The second-order valence-electron chi connectivity index (χ2n) is 6.55. The summed E-state index contributed by atoms with van der Waals surface area (Å²) < 4.78 is 0. The second-order valence-corrected chi connectivity index (χ2v) is 6.55. The third-order valence-electron chi connectivity index (χ3n) is 4.91. The predicted molar refractivity (Wildman–Crippen MR) is 81.8 cm³/mol. The number of carboxylic acids is 1. The van der Waals surface area contributed by atoms with Crippen molar-refractivity contribution in [3.63, 3.8) is 0 Å². The molecular weight excluding hydrogens is 298 g/mol. The van der Waals surface area contributed by atoms with Gasteiger partial charge < -0.3 is 15.3 Å². The molecule has 8 nitrogen and oxygen atoms in total. The van der Waals surface area contributed by atoms with Crippen molar-refractivity contribution in [2.45, 2.75) is 50.5 Å². The minimum absolute atomic E-state index is 0.0325. The van der Waals surface area contributed by atoms with E-state index in [1.165, 1.54) is 6.42 Å². The minimum atomic E-state index is -0.849. The Bertz CT molecular complexity index is 541. The summed E-state index contributed by atoms with van der Waals surface area (Å²) in [6.07, 6.45) is 7.27. The molecule has 3 rings (SSSR count). The van der Waals surface area contributed by atoms with Crippen molar-refractivity contribution in [3.8, 4) is 0 Å². The fourth-order valence-corrected chi connectivity index (χ4v) is 3.71. The highest BCUT2D eigenvalue weighted by molar-refractivity contribution is 5.75. The zero-order valence-corrected chi connectivity index (χ0v) is 13.1. The minimum Gasteiger partial charge on any atom is -0.481 e. The van der Waals surface area contributed by atoms with Gasteiger partial charge in [0.2, 0.25) is 0 Å². The molecule has 1 aromatic rings. The number of aromatic nitrogens is 3. The first-order chi connectivity index (χ1) is 11.1. The van der Waals surface area contributed by atoms with Gasteiger partial charge in [0.1, 0.15) is 0 Å². The van der Waals surface area contributed by atoms with E-state index in [0.29, 0.717) is 13.1 Å². The maximum Gasteiger partial charge on any atom is 0.317 e. The number of urea groups is 1. The van der Waals surface area contributed by atoms with Gasteiger partial charge in [0.05, 0.1) is 18.3 Å². The smallest absolute Gasteiger partial charge is 0.317 e. The van der Waals surface area contributed by atoms with Gasteiger partial charge in [-0.15, -0.1) is 0 Å². The zero-order valence-electron chi connectivity index (χ0n) is 13.1. The van der Waals surface area contributed by atoms with Gasteiger partial charge in [-0.05, 0) is 18.8 Å². The van der Waals surface area contributed by atoms with E-state index in [0.717, 1.165) is 31.4 Å². The fourth-order valence-electron chi connectivity index (χ4n) is 3.71. The Morgan fingerprint density at radius 1 is 1.30 bits per heavy atom. The molecule has 0 aromatic carbocycles. The van der Waals surface area contributed by atoms with Crippen LogP contribution in [0.3, 0.4) is 0 Å². The molecule has 2 atom stereocenters. The highest BCUT2D eigenvalue weighted by Gasteiger charge is 2.39. The molecule has 126 valence electrons. The zero-order chi connectivity index (χ0) is 16.2. The van der Waals surface area contributed by atoms with Crippen LogP contribution in [0.1, 0.15) is 50.1 Å². The summed E-state index contributed by atoms with van der Waals surface area (Å²) in [5.74, 6) is -1.06. The van der Waals surface area contributed by atoms with Gasteiger partial charge >= 0.3 is 12.0 Å². The van der Waals surface area contributed by atoms with Crippen LogP contribution in [0, 0.1) is 5.92 Å². The van der Waals surface area contributed by atoms with Crippen molar-refractivity contribution in [3.05, 3.63) is 11.9 Å². The largest absolute Gasteiger partial charge is 0.481 e. The van der Waals surface area contributed by atoms with Crippen LogP contribution in [0.25, 0.3) is 0 Å². The molecule has 3 N–H and O–H groups in total. The molecule has 0 bridgehead atoms. The molecule has 1 aromatic heterocycles. The number of nitrogens with one attached hydrogen (secondary N) is 2. The average Bonchev–Trinajstić information content (AvgIpc) is 3.16. The Morgan fingerprint density at radius 2 is 2.09 bits per heavy atom. The second kappa shape index (κ2) is 6.97. The van der Waals surface area contributed by atoms with Crippen LogP contribution in [0.5, 0.6) is 0 Å². The molecule has 0 spiro atoms. The Kier molecular flexibility index (Phi) is 4.78. The van der Waals surface area contributed by atoms with Crippen LogP contribution in [0.15, 0.2) is 6.20 Å². The number of hydrogen-bond acceptors (Lipinski definition) is 4. The predicted octanol–water partition coefficient (Wildman–Crippen LogP) is 1.34. The van der Waals surface area contributed by atoms with E-state index in [2.05, 4.69) is 20.7 Å². The van der Waals surface area contributed by atoms with Crippen LogP contribution < -0.4 is 5.32 Å². The Balaban J connectivity index is 1.64. The van der Waals surface area contributed by atoms with Gasteiger partial charge in [-0.1, -0.05) is 19.3 Å². The number of hydrogen-bond donors (Lipinski definition) is 3. The molecule has 1 aliphatic carbocycles. The number of nitrogens with zero attached hydrogens (tertiary/aromatic N) is 3. The van der Waals surface area contributed by atoms with Crippen LogP contribution in [0.2, 0.25) is 0 Å². The van der Waals surface area contributed by atoms with Crippen molar-refractivity contribution < 1.29 is 14.7 Å². The van der Waals surface area contributed by atoms with Crippen LogP contribution >= 0.6 is 0 Å². The standard InChI is InChI=1S/C15H23N5O3/c21-14(22)6-10-8-20(9-12(10)13-7-16-19-18-13)15(23)17-11-4-2-1-3-5-11/h7,10-12H,1-6,8-9H2,(H,17,23)(H,21,22)(H,16,18,19)/t10-,12+/m0/s1. The van der Waals surface area contributed by atoms with Gasteiger partial charge in [0.15, 0.2) is 0 Å². The van der Waals surface area contributed by atoms with Gasteiger partial charge in [-0.3, -0.25) is 4.79 Å². The summed E-state index contributed by atoms with van der Waals surface area (Å²) in [6.45, 7) is 0.936. The van der Waals surface area contributed by atoms with Gasteiger partial charge in [-0.2, -0.15) is 15.4 Å². The molecule has 8 heteroatoms. The normalized spacial score (nSPS) is 25.5. The van der Waals surface area contributed by atoms with Gasteiger partial charge in [-0.25, -0.2) is 4.79 Å². The number of rotatable bonds is 4. The molecule has 2 heterocycles. The summed E-state index contributed by atoms with van der Waals surface area (Å²) in [5.41, 5.74) is 0.726. The number of aliphatic carboxylic acids is 1. The molecular formula is C15H23N5O3. The van der Waals surface area contributed by atoms with Crippen molar-refractivity contribution in [2.24, 2.45) is 5.92 Å². The highest BCUT2D eigenvalue weighted by Crippen LogP contribution is 2.33. The number of H-pyrrole nitrogens is 1. The lowest BCUT2D eigenvalue weighted by molar-refractivity contribution is -0.138. The molecule has 2 fully saturated rings. The summed E-state index contributed by atoms with van der Waals surface area (Å²) in [5, 5.41) is 22.7. The van der Waals surface area contributed by atoms with E-state index in [1.54, 1.807) is 11.1 Å². The Morgan fingerprint density at radius 3 is 2.74 bits per heavy atom. The molecule has 0 radical (unpaired) electrons. The molecule has 0 unspecified atom stereocenters. The van der Waals surface area contributed by atoms with Gasteiger partial charge in [0, 0.05) is 25.0 Å². The highest BCUT2D eigenvalue weighted by atomic mass is 16.4. The van der Waals surface area contributed by atoms with Crippen molar-refractivity contribution in [2.75, 3.05) is 13.1 Å². The van der Waals surface area contributed by atoms with Crippen molar-refractivity contribution >= 4 is 12.0 Å². The van der Waals surface area contributed by atoms with Crippen molar-refractivity contribution in [1.29, 1.82) is 0 Å². The summed E-state index contributed by atoms with van der Waals surface area (Å²) in [7, 11) is 0. The lowest BCUT2D eigenvalue weighted by Gasteiger charge is -2.26. The average molecular weight is 321 g/mol. The third kappa shape index (κ3) is 3.80. The third-order valence-corrected chi connectivity index (χ3v) is 4.91. The maximum absolute atomic E-state index is 12.5. The lowest BCUT2D eigenvalue weighted by atomic mass is 9.91. The summed E-state index contributed by atoms with van der Waals surface area (Å²) in [4.78, 5) is 25.3. The Labute approximate surface area is 134 Å². The first kappa shape index (κ1) is 15.8. The summed E-state index contributed by atoms with van der Waals surface area (Å²) in [6, 6.07) is 0.165. The molecule has 2 amide bonds. The molecule has 1 aliphatic heterocycles. The van der Waals surface area contributed by atoms with E-state index in [1.807, 2.05) is 0 Å². The molecule has 23 heavy (non-hydrogen) atoms.